The van der Waals surface area contributed by atoms with Gasteiger partial charge in [-0.3, -0.25) is 4.79 Å². The Balaban J connectivity index is 1.73. The average Bonchev–Trinajstić information content (AvgIpc) is 2.78. The number of benzene rings is 2. The van der Waals surface area contributed by atoms with E-state index in [0.29, 0.717) is 24.7 Å². The predicted octanol–water partition coefficient (Wildman–Crippen LogP) is 2.86. The van der Waals surface area contributed by atoms with Crippen molar-refractivity contribution < 1.29 is 27.4 Å². The van der Waals surface area contributed by atoms with Gasteiger partial charge in [0.1, 0.15) is 16.4 Å². The lowest BCUT2D eigenvalue weighted by Crippen LogP contribution is -2.40. The second-order valence-corrected chi connectivity index (χ2v) is 9.32. The van der Waals surface area contributed by atoms with Crippen molar-refractivity contribution >= 4 is 21.6 Å². The van der Waals surface area contributed by atoms with Crippen molar-refractivity contribution in [2.75, 3.05) is 45.3 Å². The molecule has 0 atom stereocenters. The summed E-state index contributed by atoms with van der Waals surface area (Å²) in [6.45, 7) is 5.13. The minimum Gasteiger partial charge on any atom is -0.495 e. The molecule has 0 spiro atoms. The number of rotatable bonds is 8. The number of para-hydroxylation sites is 1. The molecule has 1 fully saturated rings. The molecular weight excluding hydrogens is 420 g/mol. The Labute approximate surface area is 183 Å². The first-order valence-electron chi connectivity index (χ1n) is 10.1. The average molecular weight is 449 g/mol. The number of sulfonamides is 1. The Morgan fingerprint density at radius 1 is 1.13 bits per heavy atom. The monoisotopic (exact) mass is 448 g/mol. The second kappa shape index (κ2) is 10.1. The summed E-state index contributed by atoms with van der Waals surface area (Å²) in [6.07, 6.45) is 0. The molecule has 31 heavy (non-hydrogen) atoms. The van der Waals surface area contributed by atoms with Gasteiger partial charge in [-0.15, -0.1) is 0 Å². The molecule has 1 aliphatic rings. The van der Waals surface area contributed by atoms with E-state index in [1.807, 2.05) is 24.3 Å². The lowest BCUT2D eigenvalue weighted by molar-refractivity contribution is -0.118. The highest BCUT2D eigenvalue weighted by molar-refractivity contribution is 7.89. The Morgan fingerprint density at radius 3 is 2.52 bits per heavy atom. The highest BCUT2D eigenvalue weighted by Gasteiger charge is 2.29. The first kappa shape index (κ1) is 23.1. The number of amides is 1. The third-order valence-corrected chi connectivity index (χ3v) is 6.85. The summed E-state index contributed by atoms with van der Waals surface area (Å²) < 4.78 is 43.7. The van der Waals surface area contributed by atoms with Gasteiger partial charge in [0.15, 0.2) is 6.61 Å². The summed E-state index contributed by atoms with van der Waals surface area (Å²) in [5, 5.41) is 2.70. The molecule has 2 aromatic rings. The van der Waals surface area contributed by atoms with Crippen LogP contribution < -0.4 is 14.8 Å². The van der Waals surface area contributed by atoms with Crippen molar-refractivity contribution in [1.29, 1.82) is 0 Å². The number of carbonyl (C=O) groups excluding carboxylic acids is 1. The molecule has 0 radical (unpaired) electrons. The minimum atomic E-state index is -3.79. The van der Waals surface area contributed by atoms with Crippen LogP contribution in [0.4, 0.5) is 5.69 Å². The number of ether oxygens (including phenoxy) is 3. The van der Waals surface area contributed by atoms with E-state index in [9.17, 15) is 13.2 Å². The number of nitrogens with zero attached hydrogens (tertiary/aromatic N) is 1. The minimum absolute atomic E-state index is 0.000715. The summed E-state index contributed by atoms with van der Waals surface area (Å²) in [5.41, 5.74) is 1.36. The molecule has 0 saturated carbocycles. The Kier molecular flexibility index (Phi) is 7.53. The van der Waals surface area contributed by atoms with Crippen LogP contribution in [-0.2, 0) is 19.6 Å². The van der Waals surface area contributed by atoms with Gasteiger partial charge in [-0.2, -0.15) is 4.31 Å². The zero-order valence-electron chi connectivity index (χ0n) is 18.0. The maximum Gasteiger partial charge on any atom is 0.262 e. The van der Waals surface area contributed by atoms with E-state index in [2.05, 4.69) is 19.2 Å². The SMILES string of the molecule is COc1ccc(NC(=O)COc2ccccc2C(C)C)cc1S(=O)(=O)N1CCOCC1. The van der Waals surface area contributed by atoms with E-state index in [1.54, 1.807) is 6.07 Å². The number of morpholine rings is 1. The van der Waals surface area contributed by atoms with Crippen LogP contribution in [0.2, 0.25) is 0 Å². The van der Waals surface area contributed by atoms with Crippen LogP contribution in [0.5, 0.6) is 11.5 Å². The third-order valence-electron chi connectivity index (χ3n) is 4.94. The molecule has 1 heterocycles. The zero-order valence-corrected chi connectivity index (χ0v) is 18.8. The van der Waals surface area contributed by atoms with Crippen molar-refractivity contribution in [3.8, 4) is 11.5 Å². The molecule has 1 saturated heterocycles. The lowest BCUT2D eigenvalue weighted by Gasteiger charge is -2.26. The number of carbonyl (C=O) groups is 1. The van der Waals surface area contributed by atoms with E-state index < -0.39 is 15.9 Å². The standard InChI is InChI=1S/C22H28N2O6S/c1-16(2)18-6-4-5-7-19(18)30-15-22(25)23-17-8-9-20(28-3)21(14-17)31(26,27)24-10-12-29-13-11-24/h4-9,14,16H,10-13,15H2,1-3H3,(H,23,25). The zero-order chi connectivity index (χ0) is 22.4. The molecule has 8 nitrogen and oxygen atoms in total. The van der Waals surface area contributed by atoms with Crippen LogP contribution in [0.25, 0.3) is 0 Å². The topological polar surface area (TPSA) is 94.2 Å². The Morgan fingerprint density at radius 2 is 1.84 bits per heavy atom. The van der Waals surface area contributed by atoms with E-state index in [-0.39, 0.29) is 36.3 Å². The summed E-state index contributed by atoms with van der Waals surface area (Å²) in [6, 6.07) is 12.1. The van der Waals surface area contributed by atoms with Gasteiger partial charge in [-0.25, -0.2) is 8.42 Å². The van der Waals surface area contributed by atoms with Crippen LogP contribution in [-0.4, -0.2) is 58.7 Å². The molecule has 2 aromatic carbocycles. The maximum absolute atomic E-state index is 13.1. The van der Waals surface area contributed by atoms with Crippen LogP contribution in [0.3, 0.4) is 0 Å². The highest BCUT2D eigenvalue weighted by atomic mass is 32.2. The fraction of sp³-hybridized carbons (Fsp3) is 0.409. The molecule has 168 valence electrons. The first-order valence-corrected chi connectivity index (χ1v) is 11.5. The molecule has 1 aliphatic heterocycles. The van der Waals surface area contributed by atoms with Crippen LogP contribution in [0, 0.1) is 0 Å². The van der Waals surface area contributed by atoms with E-state index >= 15 is 0 Å². The van der Waals surface area contributed by atoms with Crippen molar-refractivity contribution in [2.45, 2.75) is 24.7 Å². The van der Waals surface area contributed by atoms with Gasteiger partial charge >= 0.3 is 0 Å². The predicted molar refractivity (Wildman–Crippen MR) is 117 cm³/mol. The number of hydrogen-bond acceptors (Lipinski definition) is 6. The summed E-state index contributed by atoms with van der Waals surface area (Å²) in [5.74, 6) is 0.733. The normalized spacial score (nSPS) is 15.0. The van der Waals surface area contributed by atoms with Crippen molar-refractivity contribution in [2.24, 2.45) is 0 Å². The van der Waals surface area contributed by atoms with Gasteiger partial charge in [0.25, 0.3) is 5.91 Å². The Hall–Kier alpha value is -2.62. The van der Waals surface area contributed by atoms with Gasteiger partial charge in [0.05, 0.1) is 20.3 Å². The third kappa shape index (κ3) is 5.55. The van der Waals surface area contributed by atoms with Crippen molar-refractivity contribution in [3.63, 3.8) is 0 Å². The molecule has 9 heteroatoms. The fourth-order valence-electron chi connectivity index (χ4n) is 3.31. The molecule has 1 amide bonds. The molecule has 0 unspecified atom stereocenters. The quantitative estimate of drug-likeness (QED) is 0.667. The molecule has 0 aliphatic carbocycles. The molecule has 0 bridgehead atoms. The molecule has 3 rings (SSSR count). The van der Waals surface area contributed by atoms with Gasteiger partial charge < -0.3 is 19.5 Å². The van der Waals surface area contributed by atoms with Gasteiger partial charge in [-0.05, 0) is 35.7 Å². The van der Waals surface area contributed by atoms with Crippen molar-refractivity contribution in [3.05, 3.63) is 48.0 Å². The second-order valence-electron chi connectivity index (χ2n) is 7.41. The van der Waals surface area contributed by atoms with Crippen LogP contribution in [0.1, 0.15) is 25.3 Å². The molecular formula is C22H28N2O6S. The van der Waals surface area contributed by atoms with Crippen molar-refractivity contribution in [1.82, 2.24) is 4.31 Å². The van der Waals surface area contributed by atoms with Gasteiger partial charge in [-0.1, -0.05) is 32.0 Å². The van der Waals surface area contributed by atoms with Crippen LogP contribution in [0.15, 0.2) is 47.4 Å². The smallest absolute Gasteiger partial charge is 0.262 e. The lowest BCUT2D eigenvalue weighted by atomic mass is 10.0. The highest BCUT2D eigenvalue weighted by Crippen LogP contribution is 2.30. The summed E-state index contributed by atoms with van der Waals surface area (Å²) in [7, 11) is -2.38. The van der Waals surface area contributed by atoms with E-state index in [0.717, 1.165) is 5.56 Å². The van der Waals surface area contributed by atoms with E-state index in [4.69, 9.17) is 14.2 Å². The molecule has 0 aromatic heterocycles. The summed E-state index contributed by atoms with van der Waals surface area (Å²) in [4.78, 5) is 12.4. The Bertz CT molecular complexity index is 1020. The van der Waals surface area contributed by atoms with E-state index in [1.165, 1.54) is 23.5 Å². The van der Waals surface area contributed by atoms with Crippen LogP contribution >= 0.6 is 0 Å². The number of nitrogens with one attached hydrogen (secondary N) is 1. The largest absolute Gasteiger partial charge is 0.495 e. The number of methoxy groups -OCH3 is 1. The first-order chi connectivity index (χ1) is 14.8. The van der Waals surface area contributed by atoms with Gasteiger partial charge in [0, 0.05) is 18.8 Å². The molecule has 1 N–H and O–H groups in total. The van der Waals surface area contributed by atoms with Gasteiger partial charge in [0.2, 0.25) is 10.0 Å². The fourth-order valence-corrected chi connectivity index (χ4v) is 4.90. The number of hydrogen-bond donors (Lipinski definition) is 1. The number of anilines is 1. The summed E-state index contributed by atoms with van der Waals surface area (Å²) >= 11 is 0. The maximum atomic E-state index is 13.1.